The van der Waals surface area contributed by atoms with Gasteiger partial charge in [0.05, 0.1) is 0 Å². The molecule has 3 heteroatoms. The fraction of sp³-hybridized carbons (Fsp3) is 1.00. The molecule has 0 aromatic heterocycles. The summed E-state index contributed by atoms with van der Waals surface area (Å²) in [5.41, 5.74) is 0. The SMILES string of the molecule is Br.CCCCCCCC[PH](CCCCCCCC)(CCCCCCCC)NCCCC. The van der Waals surface area contributed by atoms with Crippen LogP contribution in [0.1, 0.15) is 156 Å². The molecule has 31 heavy (non-hydrogen) atoms. The zero-order chi connectivity index (χ0) is 22.2. The molecule has 0 bridgehead atoms. The summed E-state index contributed by atoms with van der Waals surface area (Å²) in [4.78, 5) is 0. The van der Waals surface area contributed by atoms with E-state index in [4.69, 9.17) is 0 Å². The van der Waals surface area contributed by atoms with Crippen LogP contribution in [0, 0.1) is 0 Å². The Kier molecular flexibility index (Phi) is 29.8. The number of halogens is 1. The first-order chi connectivity index (χ1) is 14.7. The second kappa shape index (κ2) is 27.1. The van der Waals surface area contributed by atoms with Crippen LogP contribution < -0.4 is 5.09 Å². The van der Waals surface area contributed by atoms with Crippen LogP contribution in [0.25, 0.3) is 0 Å². The van der Waals surface area contributed by atoms with Crippen LogP contribution in [0.4, 0.5) is 0 Å². The number of hydrogen-bond donors (Lipinski definition) is 1. The molecule has 0 aliphatic carbocycles. The second-order valence-electron chi connectivity index (χ2n) is 10.1. The van der Waals surface area contributed by atoms with Gasteiger partial charge in [0.2, 0.25) is 0 Å². The van der Waals surface area contributed by atoms with Crippen LogP contribution in [0.15, 0.2) is 0 Å². The maximum atomic E-state index is 4.28. The average Bonchev–Trinajstić information content (AvgIpc) is 2.75. The van der Waals surface area contributed by atoms with Crippen LogP contribution in [-0.2, 0) is 0 Å². The summed E-state index contributed by atoms with van der Waals surface area (Å²) in [6.45, 7) is 10.6. The third kappa shape index (κ3) is 22.4. The molecule has 1 N–H and O–H groups in total. The Hall–Kier alpha value is 0.870. The second-order valence-corrected chi connectivity index (χ2v) is 14.5. The summed E-state index contributed by atoms with van der Waals surface area (Å²) in [5.74, 6) is 0. The molecule has 192 valence electrons. The summed E-state index contributed by atoms with van der Waals surface area (Å²) < 4.78 is 0. The molecule has 0 saturated heterocycles. The van der Waals surface area contributed by atoms with Crippen molar-refractivity contribution < 1.29 is 0 Å². The van der Waals surface area contributed by atoms with Crippen LogP contribution in [0.3, 0.4) is 0 Å². The van der Waals surface area contributed by atoms with Crippen molar-refractivity contribution >= 4 is 24.4 Å². The third-order valence-corrected chi connectivity index (χ3v) is 12.0. The van der Waals surface area contributed by atoms with E-state index in [1.165, 1.54) is 135 Å². The molecule has 0 atom stereocenters. The van der Waals surface area contributed by atoms with Gasteiger partial charge in [-0.15, -0.1) is 17.0 Å². The fourth-order valence-corrected chi connectivity index (χ4v) is 9.67. The molecule has 0 amide bonds. The Bertz CT molecular complexity index is 283. The molecule has 0 aromatic rings. The first-order valence-electron chi connectivity index (χ1n) is 14.5. The van der Waals surface area contributed by atoms with Gasteiger partial charge in [-0.1, -0.05) is 0 Å². The van der Waals surface area contributed by atoms with Crippen molar-refractivity contribution in [3.8, 4) is 0 Å². The zero-order valence-corrected chi connectivity index (χ0v) is 25.1. The van der Waals surface area contributed by atoms with Crippen LogP contribution in [0.5, 0.6) is 0 Å². The van der Waals surface area contributed by atoms with Gasteiger partial charge in [-0.2, -0.15) is 0 Å². The Morgan fingerprint density at radius 2 is 0.677 bits per heavy atom. The van der Waals surface area contributed by atoms with Gasteiger partial charge in [-0.25, -0.2) is 0 Å². The van der Waals surface area contributed by atoms with E-state index in [1.54, 1.807) is 18.5 Å². The van der Waals surface area contributed by atoms with Crippen LogP contribution in [-0.4, -0.2) is 25.0 Å². The van der Waals surface area contributed by atoms with Gasteiger partial charge in [0.1, 0.15) is 0 Å². The minimum atomic E-state index is -1.29. The normalized spacial score (nSPS) is 12.1. The molecule has 0 saturated carbocycles. The molecule has 0 aliphatic heterocycles. The number of nitrogens with one attached hydrogen (secondary N) is 1. The van der Waals surface area contributed by atoms with Crippen LogP contribution in [0.2, 0.25) is 0 Å². The van der Waals surface area contributed by atoms with Gasteiger partial charge in [0.15, 0.2) is 0 Å². The Morgan fingerprint density at radius 3 is 1.00 bits per heavy atom. The van der Waals surface area contributed by atoms with Gasteiger partial charge < -0.3 is 0 Å². The van der Waals surface area contributed by atoms with E-state index in [-0.39, 0.29) is 17.0 Å². The molecular weight excluding hydrogens is 461 g/mol. The Balaban J connectivity index is 0. The molecule has 1 nitrogen and oxygen atoms in total. The first kappa shape index (κ1) is 34.0. The van der Waals surface area contributed by atoms with Crippen LogP contribution >= 0.6 is 24.4 Å². The van der Waals surface area contributed by atoms with Crippen molar-refractivity contribution in [1.82, 2.24) is 5.09 Å². The van der Waals surface area contributed by atoms with Gasteiger partial charge in [0.25, 0.3) is 0 Å². The average molecular weight is 525 g/mol. The summed E-state index contributed by atoms with van der Waals surface area (Å²) in [7, 11) is -1.29. The molecule has 0 rings (SSSR count). The standard InChI is InChI=1S/C28H62NP.BrH/c1-5-9-13-16-19-22-26-30(29-25-12-8-4,27-23-20-17-14-10-6-2)28-24-21-18-15-11-7-3;/h29-30H,5-28H2,1-4H3;1H. The molecule has 0 fully saturated rings. The Morgan fingerprint density at radius 1 is 0.387 bits per heavy atom. The predicted molar refractivity (Wildman–Crippen MR) is 156 cm³/mol. The third-order valence-electron chi connectivity index (χ3n) is 7.06. The van der Waals surface area contributed by atoms with E-state index >= 15 is 0 Å². The van der Waals surface area contributed by atoms with E-state index in [0.717, 1.165) is 0 Å². The van der Waals surface area contributed by atoms with Gasteiger partial charge >= 0.3 is 194 Å². The topological polar surface area (TPSA) is 12.0 Å². The van der Waals surface area contributed by atoms with E-state index < -0.39 is 7.41 Å². The van der Waals surface area contributed by atoms with E-state index in [0.29, 0.717) is 0 Å². The molecule has 0 radical (unpaired) electrons. The molecule has 0 spiro atoms. The maximum absolute atomic E-state index is 4.28. The predicted octanol–water partition coefficient (Wildman–Crippen LogP) is 10.7. The summed E-state index contributed by atoms with van der Waals surface area (Å²) in [5, 5.41) is 4.28. The quantitative estimate of drug-likeness (QED) is 0.0925. The molecule has 0 aliphatic rings. The van der Waals surface area contributed by atoms with E-state index in [9.17, 15) is 0 Å². The van der Waals surface area contributed by atoms with Crippen molar-refractivity contribution in [2.24, 2.45) is 0 Å². The molecule has 0 heterocycles. The van der Waals surface area contributed by atoms with Crippen molar-refractivity contribution in [2.75, 3.05) is 25.0 Å². The van der Waals surface area contributed by atoms with E-state index in [1.807, 2.05) is 0 Å². The van der Waals surface area contributed by atoms with Gasteiger partial charge in [-0.05, 0) is 0 Å². The number of unbranched alkanes of at least 4 members (excludes halogenated alkanes) is 16. The van der Waals surface area contributed by atoms with Crippen molar-refractivity contribution in [2.45, 2.75) is 156 Å². The summed E-state index contributed by atoms with van der Waals surface area (Å²) >= 11 is 0. The van der Waals surface area contributed by atoms with Gasteiger partial charge in [-0.3, -0.25) is 0 Å². The van der Waals surface area contributed by atoms with E-state index in [2.05, 4.69) is 32.8 Å². The minimum absolute atomic E-state index is 0. The summed E-state index contributed by atoms with van der Waals surface area (Å²) in [6.07, 6.45) is 33.6. The first-order valence-corrected chi connectivity index (χ1v) is 17.1. The molecule has 0 unspecified atom stereocenters. The fourth-order valence-electron chi connectivity index (χ4n) is 4.90. The monoisotopic (exact) mass is 523 g/mol. The summed E-state index contributed by atoms with van der Waals surface area (Å²) in [6, 6.07) is 0. The molecule has 0 aromatic carbocycles. The van der Waals surface area contributed by atoms with Crippen molar-refractivity contribution in [3.05, 3.63) is 0 Å². The number of hydrogen-bond acceptors (Lipinski definition) is 1. The Labute approximate surface area is 210 Å². The number of rotatable bonds is 25. The molecular formula is C28H63BrNP. The van der Waals surface area contributed by atoms with Crippen molar-refractivity contribution in [1.29, 1.82) is 0 Å². The van der Waals surface area contributed by atoms with Gasteiger partial charge in [0, 0.05) is 0 Å². The van der Waals surface area contributed by atoms with Crippen molar-refractivity contribution in [3.63, 3.8) is 0 Å². The zero-order valence-electron chi connectivity index (χ0n) is 22.4.